The maximum Gasteiger partial charge on any atom is 0.246 e. The lowest BCUT2D eigenvalue weighted by Crippen LogP contribution is -2.49. The van der Waals surface area contributed by atoms with Crippen LogP contribution in [-0.4, -0.2) is 84.5 Å². The molecule has 2 fully saturated rings. The Morgan fingerprint density at radius 3 is 2.74 bits per heavy atom. The maximum absolute atomic E-state index is 13.4. The minimum Gasteiger partial charge on any atom is -0.471 e. The average Bonchev–Trinajstić information content (AvgIpc) is 3.86. The van der Waals surface area contributed by atoms with Gasteiger partial charge in [-0.25, -0.2) is 4.98 Å². The molecule has 13 heteroatoms. The number of carbonyl (C=O) groups is 1. The fourth-order valence-corrected chi connectivity index (χ4v) is 9.80. The van der Waals surface area contributed by atoms with Gasteiger partial charge in [-0.15, -0.1) is 11.3 Å². The standard InChI is InChI=1S/C33H40N8O4S/c1-18(22-8-6-13-39(22)2)44-32-26-31(41(16-24(42)40(26)3)19-10-14-43-17-19)36-30(37-32)27-20-7-4-11-33(28(20)38-45-27)12-5-9-23-25(33)21(15-34)29(35)46-23/h18-19,22H,4-14,16-17,35H2,1-3H3/t18-,19+,22-,33-/m0/s1. The fraction of sp³-hybridized carbons (Fsp3) is 0.606. The molecule has 1 spiro atoms. The van der Waals surface area contributed by atoms with Crippen molar-refractivity contribution in [3.8, 4) is 23.5 Å². The van der Waals surface area contributed by atoms with E-state index >= 15 is 0 Å². The van der Waals surface area contributed by atoms with Gasteiger partial charge < -0.3 is 29.5 Å². The van der Waals surface area contributed by atoms with Gasteiger partial charge in [0, 0.05) is 35.6 Å². The Hall–Kier alpha value is -3.73. The van der Waals surface area contributed by atoms with Crippen molar-refractivity contribution in [2.45, 2.75) is 88.3 Å². The molecule has 0 unspecified atom stereocenters. The van der Waals surface area contributed by atoms with Crippen LogP contribution >= 0.6 is 11.3 Å². The van der Waals surface area contributed by atoms with Gasteiger partial charge in [0.2, 0.25) is 23.4 Å². The summed E-state index contributed by atoms with van der Waals surface area (Å²) in [7, 11) is 3.90. The number of hydrogen-bond acceptors (Lipinski definition) is 12. The molecule has 0 aromatic carbocycles. The first kappa shape index (κ1) is 29.7. The molecular weight excluding hydrogens is 604 g/mol. The van der Waals surface area contributed by atoms with Crippen molar-refractivity contribution in [2.24, 2.45) is 0 Å². The minimum absolute atomic E-state index is 0.0198. The summed E-state index contributed by atoms with van der Waals surface area (Å²) in [4.78, 5) is 30.7. The number of thiophene rings is 1. The van der Waals surface area contributed by atoms with Crippen LogP contribution in [0.2, 0.25) is 0 Å². The predicted octanol–water partition coefficient (Wildman–Crippen LogP) is 4.04. The Balaban J connectivity index is 1.28. The van der Waals surface area contributed by atoms with Gasteiger partial charge in [0.05, 0.1) is 30.5 Å². The van der Waals surface area contributed by atoms with Crippen LogP contribution < -0.4 is 20.3 Å². The predicted molar refractivity (Wildman–Crippen MR) is 173 cm³/mol. The van der Waals surface area contributed by atoms with Crippen LogP contribution in [0.4, 0.5) is 16.5 Å². The molecule has 3 aliphatic heterocycles. The highest BCUT2D eigenvalue weighted by Gasteiger charge is 2.48. The number of nitriles is 1. The molecule has 2 aliphatic carbocycles. The number of aromatic nitrogens is 3. The monoisotopic (exact) mass is 644 g/mol. The Morgan fingerprint density at radius 1 is 1.17 bits per heavy atom. The molecule has 0 bridgehead atoms. The summed E-state index contributed by atoms with van der Waals surface area (Å²) >= 11 is 1.54. The number of ether oxygens (including phenoxy) is 2. The Kier molecular flexibility index (Phi) is 7.23. The van der Waals surface area contributed by atoms with Crippen LogP contribution in [0.5, 0.6) is 5.88 Å². The first-order valence-electron chi connectivity index (χ1n) is 16.5. The van der Waals surface area contributed by atoms with Gasteiger partial charge in [-0.05, 0) is 83.9 Å². The summed E-state index contributed by atoms with van der Waals surface area (Å²) < 4.78 is 18.7. The van der Waals surface area contributed by atoms with E-state index in [-0.39, 0.29) is 30.6 Å². The number of carbonyl (C=O) groups excluding carboxylic acids is 1. The van der Waals surface area contributed by atoms with Crippen molar-refractivity contribution in [1.82, 2.24) is 20.0 Å². The second-order valence-corrected chi connectivity index (χ2v) is 14.7. The Labute approximate surface area is 272 Å². The van der Waals surface area contributed by atoms with Gasteiger partial charge in [-0.2, -0.15) is 10.2 Å². The number of likely N-dealkylation sites (N-methyl/N-ethyl adjacent to an activating group) is 2. The number of fused-ring (bicyclic) bond motifs is 5. The third-order valence-corrected chi connectivity index (χ3v) is 12.0. The first-order valence-corrected chi connectivity index (χ1v) is 17.3. The van der Waals surface area contributed by atoms with E-state index in [1.807, 2.05) is 0 Å². The van der Waals surface area contributed by atoms with Crippen LogP contribution in [0.25, 0.3) is 11.6 Å². The Bertz CT molecular complexity index is 1740. The molecule has 2 N–H and O–H groups in total. The van der Waals surface area contributed by atoms with E-state index in [1.165, 1.54) is 16.2 Å². The normalized spacial score (nSPS) is 26.6. The molecule has 46 heavy (non-hydrogen) atoms. The van der Waals surface area contributed by atoms with Crippen LogP contribution in [0.3, 0.4) is 0 Å². The van der Waals surface area contributed by atoms with Crippen molar-refractivity contribution < 1.29 is 18.8 Å². The highest BCUT2D eigenvalue weighted by molar-refractivity contribution is 7.16. The molecule has 2 saturated heterocycles. The van der Waals surface area contributed by atoms with Crippen molar-refractivity contribution in [2.75, 3.05) is 55.9 Å². The van der Waals surface area contributed by atoms with Crippen LogP contribution in [-0.2, 0) is 27.8 Å². The number of hydrogen-bond donors (Lipinski definition) is 1. The van der Waals surface area contributed by atoms with Crippen molar-refractivity contribution in [1.29, 1.82) is 5.26 Å². The van der Waals surface area contributed by atoms with E-state index in [4.69, 9.17) is 34.9 Å². The highest BCUT2D eigenvalue weighted by Crippen LogP contribution is 2.55. The van der Waals surface area contributed by atoms with E-state index < -0.39 is 5.41 Å². The quantitative estimate of drug-likeness (QED) is 0.429. The number of rotatable bonds is 5. The molecule has 0 radical (unpaired) electrons. The number of anilines is 3. The van der Waals surface area contributed by atoms with Crippen molar-refractivity contribution in [3.05, 3.63) is 27.3 Å². The number of likely N-dealkylation sites (tertiary alicyclic amines) is 1. The molecule has 12 nitrogen and oxygen atoms in total. The van der Waals surface area contributed by atoms with Crippen LogP contribution in [0, 0.1) is 11.3 Å². The van der Waals surface area contributed by atoms with E-state index in [0.717, 1.165) is 81.2 Å². The summed E-state index contributed by atoms with van der Waals surface area (Å²) in [6.07, 6.45) is 8.19. The lowest BCUT2D eigenvalue weighted by atomic mass is 9.62. The van der Waals surface area contributed by atoms with Crippen molar-refractivity contribution >= 4 is 33.8 Å². The zero-order valence-electron chi connectivity index (χ0n) is 26.7. The van der Waals surface area contributed by atoms with Crippen molar-refractivity contribution in [3.63, 3.8) is 0 Å². The highest BCUT2D eigenvalue weighted by atomic mass is 32.1. The second-order valence-electron chi connectivity index (χ2n) is 13.5. The minimum atomic E-state index is -0.420. The molecule has 242 valence electrons. The number of amides is 1. The SMILES string of the molecule is C[C@H](Oc1nc(-c2onc3c2CCC[C@@]32CCCc3sc(N)c(C#N)c32)nc2c1N(C)C(=O)CN2[C@@H]1CCOC1)[C@@H]1CCCN1C. The van der Waals surface area contributed by atoms with Gasteiger partial charge in [0.15, 0.2) is 5.82 Å². The van der Waals surface area contributed by atoms with Gasteiger partial charge in [-0.1, -0.05) is 5.16 Å². The summed E-state index contributed by atoms with van der Waals surface area (Å²) in [6.45, 7) is 4.47. The number of aryl methyl sites for hydroxylation is 1. The number of nitrogen functional groups attached to an aromatic ring is 1. The molecule has 8 rings (SSSR count). The number of nitrogens with zero attached hydrogens (tertiary/aromatic N) is 7. The summed E-state index contributed by atoms with van der Waals surface area (Å²) in [5.74, 6) is 1.92. The largest absolute Gasteiger partial charge is 0.471 e. The second kappa shape index (κ2) is 11.2. The van der Waals surface area contributed by atoms with Gasteiger partial charge in [-0.3, -0.25) is 9.69 Å². The molecular formula is C33H40N8O4S. The van der Waals surface area contributed by atoms with E-state index in [2.05, 4.69) is 29.8 Å². The van der Waals surface area contributed by atoms with E-state index in [9.17, 15) is 10.1 Å². The summed E-state index contributed by atoms with van der Waals surface area (Å²) in [6, 6.07) is 2.66. The third-order valence-electron chi connectivity index (χ3n) is 11.0. The molecule has 6 heterocycles. The molecule has 1 amide bonds. The van der Waals surface area contributed by atoms with Crippen LogP contribution in [0.15, 0.2) is 4.52 Å². The third kappa shape index (κ3) is 4.44. The van der Waals surface area contributed by atoms with Gasteiger partial charge in [0.25, 0.3) is 0 Å². The molecule has 0 saturated carbocycles. The average molecular weight is 645 g/mol. The zero-order valence-corrected chi connectivity index (χ0v) is 27.5. The summed E-state index contributed by atoms with van der Waals surface area (Å²) in [5, 5.41) is 15.5. The topological polar surface area (TPSA) is 147 Å². The molecule has 4 atom stereocenters. The van der Waals surface area contributed by atoms with Gasteiger partial charge >= 0.3 is 0 Å². The molecule has 3 aromatic rings. The lowest BCUT2D eigenvalue weighted by molar-refractivity contribution is -0.117. The lowest BCUT2D eigenvalue weighted by Gasteiger charge is -2.39. The van der Waals surface area contributed by atoms with Gasteiger partial charge in [0.1, 0.15) is 22.9 Å². The number of nitrogens with two attached hydrogens (primary N) is 1. The maximum atomic E-state index is 13.4. The fourth-order valence-electron chi connectivity index (χ4n) is 8.64. The molecule has 3 aromatic heterocycles. The first-order chi connectivity index (χ1) is 22.3. The smallest absolute Gasteiger partial charge is 0.246 e. The van der Waals surface area contributed by atoms with E-state index in [0.29, 0.717) is 52.7 Å². The van der Waals surface area contributed by atoms with E-state index in [1.54, 1.807) is 11.9 Å². The Morgan fingerprint density at radius 2 is 2.00 bits per heavy atom. The molecule has 5 aliphatic rings. The summed E-state index contributed by atoms with van der Waals surface area (Å²) in [5.41, 5.74) is 10.0. The zero-order chi connectivity index (χ0) is 31.7. The van der Waals surface area contributed by atoms with Crippen LogP contribution in [0.1, 0.15) is 79.1 Å².